The number of allylic oxidation sites excluding steroid dienone is 3. The van der Waals surface area contributed by atoms with E-state index < -0.39 is 20.0 Å². The Morgan fingerprint density at radius 3 is 1.10 bits per heavy atom. The predicted octanol–water partition coefficient (Wildman–Crippen LogP) is 18.5. The molecule has 0 aromatic heterocycles. The maximum atomic E-state index is 13.0. The summed E-state index contributed by atoms with van der Waals surface area (Å²) in [7, 11) is 1.27. The fourth-order valence-electron chi connectivity index (χ4n) is 9.50. The van der Waals surface area contributed by atoms with Crippen LogP contribution in [0.3, 0.4) is 0 Å². The second-order valence-corrected chi connectivity index (χ2v) is 24.2. The van der Waals surface area contributed by atoms with E-state index in [1.165, 1.54) is 257 Å². The van der Waals surface area contributed by atoms with Gasteiger partial charge in [-0.2, -0.15) is 0 Å². The first-order chi connectivity index (χ1) is 34.5. The first-order valence-electron chi connectivity index (χ1n) is 31.2. The van der Waals surface area contributed by atoms with E-state index in [0.717, 1.165) is 38.5 Å². The van der Waals surface area contributed by atoms with Crippen LogP contribution in [0.5, 0.6) is 0 Å². The first kappa shape index (κ1) is 70.0. The van der Waals surface area contributed by atoms with Gasteiger partial charge in [0.1, 0.15) is 13.2 Å². The summed E-state index contributed by atoms with van der Waals surface area (Å²) in [6, 6.07) is -0.887. The average molecular weight is 1020 g/mol. The van der Waals surface area contributed by atoms with Crippen LogP contribution in [-0.4, -0.2) is 68.5 Å². The SMILES string of the molecule is CCCCCCCCCC/C=C\CCCCCCCCCCCC(=O)NC(COP(=O)([O-])OCC[N+](C)(C)C)C(O)/C=C/CCCCCCCCCCCCCCCCCCCCCCCCCCCC. The van der Waals surface area contributed by atoms with Crippen molar-refractivity contribution in [2.24, 2.45) is 0 Å². The van der Waals surface area contributed by atoms with Gasteiger partial charge in [0.25, 0.3) is 7.82 Å². The molecule has 0 saturated heterocycles. The number of phosphoric acid groups is 1. The molecule has 0 spiro atoms. The molecule has 0 fully saturated rings. The molecule has 3 unspecified atom stereocenters. The van der Waals surface area contributed by atoms with Crippen molar-refractivity contribution >= 4 is 13.7 Å². The zero-order valence-electron chi connectivity index (χ0n) is 48.2. The quantitative estimate of drug-likeness (QED) is 0.0272. The van der Waals surface area contributed by atoms with Gasteiger partial charge < -0.3 is 28.8 Å². The number of quaternary nitrogens is 1. The largest absolute Gasteiger partial charge is 0.756 e. The number of phosphoric ester groups is 1. The third kappa shape index (κ3) is 56.5. The molecule has 2 N–H and O–H groups in total. The fraction of sp³-hybridized carbons (Fsp3) is 0.919. The lowest BCUT2D eigenvalue weighted by Gasteiger charge is -2.29. The highest BCUT2D eigenvalue weighted by Crippen LogP contribution is 2.38. The van der Waals surface area contributed by atoms with Crippen LogP contribution in [0.15, 0.2) is 24.3 Å². The van der Waals surface area contributed by atoms with Crippen LogP contribution in [0, 0.1) is 0 Å². The standard InChI is InChI=1S/C62H123N2O6P/c1-6-8-10-12-14-16-18-20-22-24-26-28-29-30-31-32-33-34-36-37-39-41-43-45-47-49-51-53-55-61(65)60(59-70-71(67,68)69-58-57-64(3,4)5)63-62(66)56-54-52-50-48-46-44-42-40-38-35-27-25-23-21-19-17-15-13-11-9-7-2/h25,27,53,55,60-61,65H,6-24,26,28-52,54,56-59H2,1-5H3,(H-,63,66,67,68)/b27-25-,55-53+. The van der Waals surface area contributed by atoms with Gasteiger partial charge in [0, 0.05) is 6.42 Å². The molecular formula is C62H123N2O6P. The molecule has 0 aliphatic heterocycles. The summed E-state index contributed by atoms with van der Waals surface area (Å²) >= 11 is 0. The van der Waals surface area contributed by atoms with Crippen LogP contribution >= 0.6 is 7.82 Å². The van der Waals surface area contributed by atoms with E-state index in [1.54, 1.807) is 6.08 Å². The van der Waals surface area contributed by atoms with Gasteiger partial charge in [0.2, 0.25) is 5.91 Å². The number of hydrogen-bond donors (Lipinski definition) is 2. The summed E-state index contributed by atoms with van der Waals surface area (Å²) in [6.07, 6.45) is 68.4. The summed E-state index contributed by atoms with van der Waals surface area (Å²) in [5.41, 5.74) is 0. The molecule has 0 saturated carbocycles. The Hall–Kier alpha value is -1.02. The molecule has 0 bridgehead atoms. The summed E-state index contributed by atoms with van der Waals surface area (Å²) in [4.78, 5) is 25.5. The highest BCUT2D eigenvalue weighted by Gasteiger charge is 2.23. The van der Waals surface area contributed by atoms with E-state index >= 15 is 0 Å². The number of carbonyl (C=O) groups is 1. The number of nitrogens with zero attached hydrogens (tertiary/aromatic N) is 1. The van der Waals surface area contributed by atoms with E-state index in [4.69, 9.17) is 9.05 Å². The second-order valence-electron chi connectivity index (χ2n) is 22.8. The van der Waals surface area contributed by atoms with Crippen LogP contribution < -0.4 is 10.2 Å². The van der Waals surface area contributed by atoms with Crippen LogP contribution in [-0.2, 0) is 18.4 Å². The number of carbonyl (C=O) groups excluding carboxylic acids is 1. The van der Waals surface area contributed by atoms with Gasteiger partial charge in [-0.3, -0.25) is 9.36 Å². The number of hydrogen-bond acceptors (Lipinski definition) is 6. The smallest absolute Gasteiger partial charge is 0.268 e. The van der Waals surface area contributed by atoms with Gasteiger partial charge in [-0.15, -0.1) is 0 Å². The minimum Gasteiger partial charge on any atom is -0.756 e. The van der Waals surface area contributed by atoms with Crippen molar-refractivity contribution in [1.82, 2.24) is 5.32 Å². The monoisotopic (exact) mass is 1020 g/mol. The van der Waals surface area contributed by atoms with Gasteiger partial charge in [0.05, 0.1) is 39.9 Å². The van der Waals surface area contributed by atoms with E-state index in [0.29, 0.717) is 17.4 Å². The molecule has 0 rings (SSSR count). The molecule has 0 aliphatic carbocycles. The molecule has 71 heavy (non-hydrogen) atoms. The van der Waals surface area contributed by atoms with Gasteiger partial charge in [-0.25, -0.2) is 0 Å². The summed E-state index contributed by atoms with van der Waals surface area (Å²) in [5, 5.41) is 13.9. The number of nitrogens with one attached hydrogen (secondary N) is 1. The molecule has 0 aromatic carbocycles. The Kier molecular flexibility index (Phi) is 53.0. The lowest BCUT2D eigenvalue weighted by Crippen LogP contribution is -2.45. The number of likely N-dealkylation sites (N-methyl/N-ethyl adjacent to an activating group) is 1. The predicted molar refractivity (Wildman–Crippen MR) is 307 cm³/mol. The van der Waals surface area contributed by atoms with Gasteiger partial charge in [0.15, 0.2) is 0 Å². The molecule has 0 radical (unpaired) electrons. The average Bonchev–Trinajstić information content (AvgIpc) is 3.33. The van der Waals surface area contributed by atoms with Crippen molar-refractivity contribution in [2.75, 3.05) is 40.9 Å². The second kappa shape index (κ2) is 53.8. The number of unbranched alkanes of at least 4 members (excludes halogenated alkanes) is 43. The highest BCUT2D eigenvalue weighted by atomic mass is 31.2. The minimum absolute atomic E-state index is 0.000461. The van der Waals surface area contributed by atoms with Crippen molar-refractivity contribution in [3.8, 4) is 0 Å². The number of rotatable bonds is 58. The van der Waals surface area contributed by atoms with Crippen LogP contribution in [0.1, 0.15) is 316 Å². The third-order valence-electron chi connectivity index (χ3n) is 14.4. The Labute approximate surface area is 443 Å². The molecule has 9 heteroatoms. The maximum Gasteiger partial charge on any atom is 0.268 e. The van der Waals surface area contributed by atoms with Crippen molar-refractivity contribution in [3.05, 3.63) is 24.3 Å². The van der Waals surface area contributed by atoms with Crippen molar-refractivity contribution < 1.29 is 32.9 Å². The van der Waals surface area contributed by atoms with Gasteiger partial charge >= 0.3 is 0 Å². The lowest BCUT2D eigenvalue weighted by molar-refractivity contribution is -0.870. The van der Waals surface area contributed by atoms with Crippen molar-refractivity contribution in [3.63, 3.8) is 0 Å². The number of aliphatic hydroxyl groups excluding tert-OH is 1. The summed E-state index contributed by atoms with van der Waals surface area (Å²) < 4.78 is 23.4. The fourth-order valence-corrected chi connectivity index (χ4v) is 10.2. The Bertz CT molecular complexity index is 1210. The van der Waals surface area contributed by atoms with Crippen LogP contribution in [0.4, 0.5) is 0 Å². The molecular weight excluding hydrogens is 900 g/mol. The van der Waals surface area contributed by atoms with Gasteiger partial charge in [-0.1, -0.05) is 289 Å². The molecule has 8 nitrogen and oxygen atoms in total. The third-order valence-corrected chi connectivity index (χ3v) is 15.4. The number of aliphatic hydroxyl groups is 1. The Balaban J connectivity index is 4.13. The zero-order valence-corrected chi connectivity index (χ0v) is 49.1. The van der Waals surface area contributed by atoms with E-state index in [1.807, 2.05) is 27.2 Å². The summed E-state index contributed by atoms with van der Waals surface area (Å²) in [6.45, 7) is 4.70. The molecule has 0 aliphatic rings. The summed E-state index contributed by atoms with van der Waals surface area (Å²) in [5.74, 6) is -0.194. The van der Waals surface area contributed by atoms with Crippen molar-refractivity contribution in [2.45, 2.75) is 328 Å². The van der Waals surface area contributed by atoms with E-state index in [9.17, 15) is 19.4 Å². The normalized spacial score (nSPS) is 14.0. The first-order valence-corrected chi connectivity index (χ1v) is 32.7. The minimum atomic E-state index is -4.60. The van der Waals surface area contributed by atoms with Crippen LogP contribution in [0.2, 0.25) is 0 Å². The van der Waals surface area contributed by atoms with E-state index in [-0.39, 0.29) is 19.1 Å². The molecule has 1 amide bonds. The van der Waals surface area contributed by atoms with Gasteiger partial charge in [-0.05, 0) is 44.9 Å². The van der Waals surface area contributed by atoms with Crippen LogP contribution in [0.25, 0.3) is 0 Å². The van der Waals surface area contributed by atoms with E-state index in [2.05, 4.69) is 31.3 Å². The Morgan fingerprint density at radius 1 is 0.479 bits per heavy atom. The molecule has 3 atom stereocenters. The van der Waals surface area contributed by atoms with Crippen molar-refractivity contribution in [1.29, 1.82) is 0 Å². The Morgan fingerprint density at radius 2 is 0.775 bits per heavy atom. The zero-order chi connectivity index (χ0) is 52.0. The number of amides is 1. The molecule has 0 heterocycles. The highest BCUT2D eigenvalue weighted by molar-refractivity contribution is 7.45. The molecule has 422 valence electrons. The lowest BCUT2D eigenvalue weighted by atomic mass is 10.0. The topological polar surface area (TPSA) is 108 Å². The molecule has 0 aromatic rings. The maximum absolute atomic E-state index is 13.0.